The van der Waals surface area contributed by atoms with Crippen molar-refractivity contribution in [3.05, 3.63) is 0 Å². The molecular weight excluding hydrogens is 232 g/mol. The van der Waals surface area contributed by atoms with Gasteiger partial charge < -0.3 is 10.2 Å². The van der Waals surface area contributed by atoms with Crippen LogP contribution in [0.2, 0.25) is 0 Å². The van der Waals surface area contributed by atoms with E-state index in [4.69, 9.17) is 0 Å². The van der Waals surface area contributed by atoms with E-state index in [1.807, 2.05) is 0 Å². The summed E-state index contributed by atoms with van der Waals surface area (Å²) in [5.74, 6) is 1.80. The van der Waals surface area contributed by atoms with Crippen molar-refractivity contribution in [3.8, 4) is 0 Å². The second kappa shape index (κ2) is 5.73. The van der Waals surface area contributed by atoms with Crippen molar-refractivity contribution in [2.24, 2.45) is 22.7 Å². The van der Waals surface area contributed by atoms with Crippen LogP contribution in [0.5, 0.6) is 0 Å². The molecule has 1 N–H and O–H groups in total. The third-order valence-electron chi connectivity index (χ3n) is 4.86. The maximum absolute atomic E-state index is 3.38. The van der Waals surface area contributed by atoms with Crippen LogP contribution in [0.1, 0.15) is 53.9 Å². The number of nitrogens with zero attached hydrogens (tertiary/aromatic N) is 1. The van der Waals surface area contributed by atoms with E-state index in [0.29, 0.717) is 10.8 Å². The van der Waals surface area contributed by atoms with Crippen LogP contribution in [-0.4, -0.2) is 37.6 Å². The minimum Gasteiger partial charge on any atom is -0.316 e. The van der Waals surface area contributed by atoms with Gasteiger partial charge in [-0.1, -0.05) is 34.6 Å². The quantitative estimate of drug-likeness (QED) is 0.760. The van der Waals surface area contributed by atoms with E-state index in [0.717, 1.165) is 11.8 Å². The van der Waals surface area contributed by atoms with E-state index in [9.17, 15) is 0 Å². The summed E-state index contributed by atoms with van der Waals surface area (Å²) >= 11 is 0. The number of nitrogens with one attached hydrogen (secondary N) is 1. The summed E-state index contributed by atoms with van der Waals surface area (Å²) in [7, 11) is 0. The topological polar surface area (TPSA) is 15.3 Å². The largest absolute Gasteiger partial charge is 0.316 e. The number of likely N-dealkylation sites (tertiary alicyclic amines) is 1. The molecule has 0 atom stereocenters. The molecule has 2 aliphatic heterocycles. The highest BCUT2D eigenvalue weighted by Gasteiger charge is 2.40. The number of hydrogen-bond donors (Lipinski definition) is 1. The van der Waals surface area contributed by atoms with Crippen molar-refractivity contribution in [3.63, 3.8) is 0 Å². The maximum Gasteiger partial charge on any atom is 0.00481 e. The first-order valence-corrected chi connectivity index (χ1v) is 8.21. The smallest absolute Gasteiger partial charge is 0.00481 e. The molecule has 2 heterocycles. The summed E-state index contributed by atoms with van der Waals surface area (Å²) in [5, 5.41) is 3.38. The van der Waals surface area contributed by atoms with E-state index in [-0.39, 0.29) is 0 Å². The molecule has 2 heteroatoms. The average molecular weight is 266 g/mol. The van der Waals surface area contributed by atoms with E-state index >= 15 is 0 Å². The monoisotopic (exact) mass is 266 g/mol. The Bertz CT molecular complexity index is 286. The Kier molecular flexibility index (Phi) is 4.62. The highest BCUT2D eigenvalue weighted by atomic mass is 15.2. The molecular formula is C17H34N2. The fraction of sp³-hybridized carbons (Fsp3) is 1.00. The zero-order valence-corrected chi connectivity index (χ0v) is 13.8. The average Bonchev–Trinajstić information content (AvgIpc) is 2.09. The fourth-order valence-electron chi connectivity index (χ4n) is 4.09. The first-order chi connectivity index (χ1) is 8.78. The molecule has 2 fully saturated rings. The molecule has 0 aliphatic carbocycles. The summed E-state index contributed by atoms with van der Waals surface area (Å²) in [4.78, 5) is 2.68. The lowest BCUT2D eigenvalue weighted by Crippen LogP contribution is -2.57. The van der Waals surface area contributed by atoms with Crippen LogP contribution in [0, 0.1) is 22.7 Å². The van der Waals surface area contributed by atoms with Crippen molar-refractivity contribution < 1.29 is 0 Å². The van der Waals surface area contributed by atoms with Gasteiger partial charge in [0, 0.05) is 19.6 Å². The van der Waals surface area contributed by atoms with Crippen LogP contribution in [0.3, 0.4) is 0 Å². The highest BCUT2D eigenvalue weighted by molar-refractivity contribution is 4.94. The Labute approximate surface area is 120 Å². The summed E-state index contributed by atoms with van der Waals surface area (Å²) in [5.41, 5.74) is 1.09. The standard InChI is InChI=1S/C17H34N2/c1-14(2)8-17(5)12-19(13-17)11-16(3,4)7-6-15-9-18-10-15/h14-15,18H,6-13H2,1-5H3. The second-order valence-corrected chi connectivity index (χ2v) is 8.78. The lowest BCUT2D eigenvalue weighted by molar-refractivity contribution is -0.0253. The predicted molar refractivity (Wildman–Crippen MR) is 83.4 cm³/mol. The second-order valence-electron chi connectivity index (χ2n) is 8.78. The molecule has 2 nitrogen and oxygen atoms in total. The molecule has 19 heavy (non-hydrogen) atoms. The number of rotatable bonds is 7. The summed E-state index contributed by atoms with van der Waals surface area (Å²) in [6, 6.07) is 0. The first-order valence-electron chi connectivity index (χ1n) is 8.21. The van der Waals surface area contributed by atoms with E-state index < -0.39 is 0 Å². The maximum atomic E-state index is 3.38. The SMILES string of the molecule is CC(C)CC1(C)CN(CC(C)(C)CCC2CNC2)C1. The van der Waals surface area contributed by atoms with Crippen LogP contribution in [-0.2, 0) is 0 Å². The molecule has 2 aliphatic rings. The van der Waals surface area contributed by atoms with E-state index in [1.165, 1.54) is 52.0 Å². The molecule has 0 bridgehead atoms. The molecule has 0 unspecified atom stereocenters. The zero-order valence-electron chi connectivity index (χ0n) is 13.8. The Balaban J connectivity index is 1.67. The third-order valence-corrected chi connectivity index (χ3v) is 4.86. The molecule has 0 aromatic carbocycles. The van der Waals surface area contributed by atoms with Crippen LogP contribution in [0.25, 0.3) is 0 Å². The number of hydrogen-bond acceptors (Lipinski definition) is 2. The van der Waals surface area contributed by atoms with Gasteiger partial charge in [-0.15, -0.1) is 0 Å². The third kappa shape index (κ3) is 4.46. The van der Waals surface area contributed by atoms with Crippen LogP contribution in [0.4, 0.5) is 0 Å². The van der Waals surface area contributed by atoms with Gasteiger partial charge in [0.2, 0.25) is 0 Å². The molecule has 0 aromatic heterocycles. The normalized spacial score (nSPS) is 24.3. The molecule has 112 valence electrons. The fourth-order valence-corrected chi connectivity index (χ4v) is 4.09. The Morgan fingerprint density at radius 2 is 1.89 bits per heavy atom. The lowest BCUT2D eigenvalue weighted by atomic mass is 9.73. The van der Waals surface area contributed by atoms with Crippen molar-refractivity contribution in [1.82, 2.24) is 10.2 Å². The van der Waals surface area contributed by atoms with Gasteiger partial charge in [-0.05, 0) is 55.0 Å². The van der Waals surface area contributed by atoms with Crippen LogP contribution < -0.4 is 5.32 Å². The van der Waals surface area contributed by atoms with Crippen LogP contribution in [0.15, 0.2) is 0 Å². The minimum atomic E-state index is 0.495. The van der Waals surface area contributed by atoms with Gasteiger partial charge in [0.1, 0.15) is 0 Å². The minimum absolute atomic E-state index is 0.495. The summed E-state index contributed by atoms with van der Waals surface area (Å²) in [6.07, 6.45) is 4.19. The van der Waals surface area contributed by atoms with Crippen molar-refractivity contribution in [2.75, 3.05) is 32.7 Å². The van der Waals surface area contributed by atoms with Gasteiger partial charge in [-0.3, -0.25) is 0 Å². The zero-order chi connectivity index (χ0) is 14.1. The Hall–Kier alpha value is -0.0800. The van der Waals surface area contributed by atoms with Gasteiger partial charge >= 0.3 is 0 Å². The Morgan fingerprint density at radius 3 is 2.37 bits per heavy atom. The Morgan fingerprint density at radius 1 is 1.26 bits per heavy atom. The van der Waals surface area contributed by atoms with Crippen molar-refractivity contribution in [1.29, 1.82) is 0 Å². The molecule has 2 saturated heterocycles. The van der Waals surface area contributed by atoms with Gasteiger partial charge in [-0.2, -0.15) is 0 Å². The van der Waals surface area contributed by atoms with Gasteiger partial charge in [-0.25, -0.2) is 0 Å². The molecule has 2 rings (SSSR count). The van der Waals surface area contributed by atoms with Gasteiger partial charge in [0.15, 0.2) is 0 Å². The molecule has 0 radical (unpaired) electrons. The van der Waals surface area contributed by atoms with E-state index in [1.54, 1.807) is 0 Å². The summed E-state index contributed by atoms with van der Waals surface area (Å²) in [6.45, 7) is 18.5. The molecule has 0 aromatic rings. The highest BCUT2D eigenvalue weighted by Crippen LogP contribution is 2.38. The lowest BCUT2D eigenvalue weighted by Gasteiger charge is -2.51. The molecule has 0 saturated carbocycles. The molecule has 0 spiro atoms. The van der Waals surface area contributed by atoms with Crippen molar-refractivity contribution in [2.45, 2.75) is 53.9 Å². The van der Waals surface area contributed by atoms with Gasteiger partial charge in [0.05, 0.1) is 0 Å². The van der Waals surface area contributed by atoms with E-state index in [2.05, 4.69) is 44.8 Å². The van der Waals surface area contributed by atoms with Crippen LogP contribution >= 0.6 is 0 Å². The first kappa shape index (κ1) is 15.3. The summed E-state index contributed by atoms with van der Waals surface area (Å²) < 4.78 is 0. The molecule has 0 amide bonds. The van der Waals surface area contributed by atoms with Crippen molar-refractivity contribution >= 4 is 0 Å². The predicted octanol–water partition coefficient (Wildman–Crippen LogP) is 3.38. The van der Waals surface area contributed by atoms with Gasteiger partial charge in [0.25, 0.3) is 0 Å².